The van der Waals surface area contributed by atoms with E-state index in [4.69, 9.17) is 0 Å². The van der Waals surface area contributed by atoms with Gasteiger partial charge in [-0.05, 0) is 18.1 Å². The van der Waals surface area contributed by atoms with Gasteiger partial charge in [-0.15, -0.1) is 11.3 Å². The average Bonchev–Trinajstić information content (AvgIpc) is 2.80. The SMILES string of the molecule is OCC(Cc1cscn1)c1ccccc1F. The highest BCUT2D eigenvalue weighted by Crippen LogP contribution is 2.22. The fraction of sp³-hybridized carbons (Fsp3) is 0.250. The van der Waals surface area contributed by atoms with Crippen molar-refractivity contribution in [2.75, 3.05) is 6.61 Å². The molecule has 0 saturated carbocycles. The van der Waals surface area contributed by atoms with Crippen molar-refractivity contribution in [2.24, 2.45) is 0 Å². The maximum Gasteiger partial charge on any atom is 0.126 e. The quantitative estimate of drug-likeness (QED) is 0.886. The summed E-state index contributed by atoms with van der Waals surface area (Å²) in [6, 6.07) is 6.56. The molecule has 1 N–H and O–H groups in total. The van der Waals surface area contributed by atoms with E-state index in [9.17, 15) is 9.50 Å². The first kappa shape index (κ1) is 11.2. The largest absolute Gasteiger partial charge is 0.396 e. The maximum atomic E-state index is 13.5. The van der Waals surface area contributed by atoms with Gasteiger partial charge in [0.05, 0.1) is 17.8 Å². The van der Waals surface area contributed by atoms with Crippen LogP contribution in [-0.2, 0) is 6.42 Å². The molecule has 0 aliphatic carbocycles. The summed E-state index contributed by atoms with van der Waals surface area (Å²) in [6.45, 7) is -0.0710. The van der Waals surface area contributed by atoms with Crippen LogP contribution in [-0.4, -0.2) is 16.7 Å². The summed E-state index contributed by atoms with van der Waals surface area (Å²) in [7, 11) is 0. The monoisotopic (exact) mass is 237 g/mol. The third-order valence-electron chi connectivity index (χ3n) is 2.50. The van der Waals surface area contributed by atoms with Crippen LogP contribution < -0.4 is 0 Å². The Bertz CT molecular complexity index is 444. The van der Waals surface area contributed by atoms with Crippen LogP contribution in [0.25, 0.3) is 0 Å². The van der Waals surface area contributed by atoms with Crippen molar-refractivity contribution < 1.29 is 9.50 Å². The first-order valence-corrected chi connectivity index (χ1v) is 5.98. The van der Waals surface area contributed by atoms with Crippen LogP contribution in [0.1, 0.15) is 17.2 Å². The van der Waals surface area contributed by atoms with Gasteiger partial charge in [0.25, 0.3) is 0 Å². The second kappa shape index (κ2) is 5.18. The standard InChI is InChI=1S/C12H12FNOS/c13-12-4-2-1-3-11(12)9(6-15)5-10-7-16-8-14-10/h1-4,7-9,15H,5-6H2. The molecule has 2 rings (SSSR count). The molecule has 16 heavy (non-hydrogen) atoms. The van der Waals surface area contributed by atoms with E-state index in [0.29, 0.717) is 12.0 Å². The molecule has 2 nitrogen and oxygen atoms in total. The van der Waals surface area contributed by atoms with Crippen LogP contribution in [0.3, 0.4) is 0 Å². The van der Waals surface area contributed by atoms with Crippen LogP contribution >= 0.6 is 11.3 Å². The number of rotatable bonds is 4. The van der Waals surface area contributed by atoms with Crippen molar-refractivity contribution >= 4 is 11.3 Å². The molecule has 84 valence electrons. The smallest absolute Gasteiger partial charge is 0.126 e. The zero-order valence-electron chi connectivity index (χ0n) is 8.64. The van der Waals surface area contributed by atoms with Crippen LogP contribution in [0, 0.1) is 5.82 Å². The van der Waals surface area contributed by atoms with Crippen molar-refractivity contribution in [3.63, 3.8) is 0 Å². The zero-order chi connectivity index (χ0) is 11.4. The third-order valence-corrected chi connectivity index (χ3v) is 3.14. The number of thiazole rings is 1. The summed E-state index contributed by atoms with van der Waals surface area (Å²) in [5.74, 6) is -0.486. The Morgan fingerprint density at radius 3 is 2.81 bits per heavy atom. The average molecular weight is 237 g/mol. The molecule has 0 spiro atoms. The predicted molar refractivity (Wildman–Crippen MR) is 62.0 cm³/mol. The summed E-state index contributed by atoms with van der Waals surface area (Å²) in [5.41, 5.74) is 3.19. The van der Waals surface area contributed by atoms with Crippen molar-refractivity contribution in [1.82, 2.24) is 4.98 Å². The first-order valence-electron chi connectivity index (χ1n) is 5.03. The summed E-state index contributed by atoms with van der Waals surface area (Å²) in [5, 5.41) is 11.2. The molecule has 2 aromatic rings. The molecule has 0 bridgehead atoms. The van der Waals surface area contributed by atoms with Crippen LogP contribution in [0.2, 0.25) is 0 Å². The minimum atomic E-state index is -0.267. The number of hydrogen-bond donors (Lipinski definition) is 1. The number of aliphatic hydroxyl groups is 1. The minimum Gasteiger partial charge on any atom is -0.396 e. The van der Waals surface area contributed by atoms with E-state index < -0.39 is 0 Å². The topological polar surface area (TPSA) is 33.1 Å². The normalized spacial score (nSPS) is 12.6. The van der Waals surface area contributed by atoms with E-state index in [2.05, 4.69) is 4.98 Å². The second-order valence-electron chi connectivity index (χ2n) is 3.58. The lowest BCUT2D eigenvalue weighted by Gasteiger charge is -2.13. The van der Waals surface area contributed by atoms with Gasteiger partial charge in [0.2, 0.25) is 0 Å². The molecular formula is C12H12FNOS. The van der Waals surface area contributed by atoms with Gasteiger partial charge in [-0.1, -0.05) is 18.2 Å². The lowest BCUT2D eigenvalue weighted by Crippen LogP contribution is -2.09. The maximum absolute atomic E-state index is 13.5. The molecule has 1 atom stereocenters. The fourth-order valence-corrected chi connectivity index (χ4v) is 2.24. The van der Waals surface area contributed by atoms with E-state index >= 15 is 0 Å². The highest BCUT2D eigenvalue weighted by atomic mass is 32.1. The number of aromatic nitrogens is 1. The van der Waals surface area contributed by atoms with E-state index in [1.807, 2.05) is 5.38 Å². The highest BCUT2D eigenvalue weighted by molar-refractivity contribution is 7.07. The van der Waals surface area contributed by atoms with Gasteiger partial charge in [0, 0.05) is 11.3 Å². The molecule has 0 radical (unpaired) electrons. The lowest BCUT2D eigenvalue weighted by atomic mass is 9.95. The molecule has 0 amide bonds. The Hall–Kier alpha value is -1.26. The van der Waals surface area contributed by atoms with Gasteiger partial charge in [-0.3, -0.25) is 0 Å². The number of halogens is 1. The van der Waals surface area contributed by atoms with E-state index in [-0.39, 0.29) is 18.3 Å². The van der Waals surface area contributed by atoms with Crippen molar-refractivity contribution in [3.8, 4) is 0 Å². The molecular weight excluding hydrogens is 225 g/mol. The predicted octanol–water partition coefficient (Wildman–Crippen LogP) is 2.60. The Labute approximate surface area is 97.4 Å². The summed E-state index contributed by atoms with van der Waals surface area (Å²) < 4.78 is 13.5. The van der Waals surface area contributed by atoms with Gasteiger partial charge < -0.3 is 5.11 Å². The van der Waals surface area contributed by atoms with Crippen molar-refractivity contribution in [3.05, 3.63) is 52.2 Å². The Kier molecular flexibility index (Phi) is 3.64. The molecule has 0 fully saturated rings. The van der Waals surface area contributed by atoms with Crippen molar-refractivity contribution in [1.29, 1.82) is 0 Å². The Balaban J connectivity index is 2.20. The third kappa shape index (κ3) is 2.46. The fourth-order valence-electron chi connectivity index (χ4n) is 1.67. The van der Waals surface area contributed by atoms with Gasteiger partial charge in [-0.2, -0.15) is 0 Å². The highest BCUT2D eigenvalue weighted by Gasteiger charge is 2.15. The molecule has 0 saturated heterocycles. The molecule has 1 unspecified atom stereocenters. The number of hydrogen-bond acceptors (Lipinski definition) is 3. The Morgan fingerprint density at radius 2 is 2.19 bits per heavy atom. The van der Waals surface area contributed by atoms with E-state index in [0.717, 1.165) is 5.69 Å². The summed E-state index contributed by atoms with van der Waals surface area (Å²) in [4.78, 5) is 4.14. The molecule has 0 aliphatic rings. The molecule has 0 aliphatic heterocycles. The second-order valence-corrected chi connectivity index (χ2v) is 4.30. The van der Waals surface area contributed by atoms with Crippen LogP contribution in [0.5, 0.6) is 0 Å². The summed E-state index contributed by atoms with van der Waals surface area (Å²) >= 11 is 1.50. The number of benzene rings is 1. The molecule has 1 aromatic heterocycles. The van der Waals surface area contributed by atoms with Gasteiger partial charge in [0.15, 0.2) is 0 Å². The lowest BCUT2D eigenvalue weighted by molar-refractivity contribution is 0.261. The Morgan fingerprint density at radius 1 is 1.38 bits per heavy atom. The van der Waals surface area contributed by atoms with E-state index in [1.165, 1.54) is 17.4 Å². The minimum absolute atomic E-state index is 0.0710. The molecule has 1 aromatic carbocycles. The number of aliphatic hydroxyl groups excluding tert-OH is 1. The van der Waals surface area contributed by atoms with E-state index in [1.54, 1.807) is 23.7 Å². The first-order chi connectivity index (χ1) is 7.81. The van der Waals surface area contributed by atoms with Gasteiger partial charge in [0.1, 0.15) is 5.82 Å². The van der Waals surface area contributed by atoms with Crippen LogP contribution in [0.15, 0.2) is 35.2 Å². The van der Waals surface area contributed by atoms with Crippen molar-refractivity contribution in [2.45, 2.75) is 12.3 Å². The summed E-state index contributed by atoms with van der Waals surface area (Å²) in [6.07, 6.45) is 0.570. The number of nitrogens with zero attached hydrogens (tertiary/aromatic N) is 1. The van der Waals surface area contributed by atoms with Gasteiger partial charge >= 0.3 is 0 Å². The zero-order valence-corrected chi connectivity index (χ0v) is 9.45. The molecule has 4 heteroatoms. The van der Waals surface area contributed by atoms with Gasteiger partial charge in [-0.25, -0.2) is 9.37 Å². The molecule has 1 heterocycles. The van der Waals surface area contributed by atoms with Crippen LogP contribution in [0.4, 0.5) is 4.39 Å².